The zero-order chi connectivity index (χ0) is 17.6. The number of carbonyl (C=O) groups is 2. The highest BCUT2D eigenvalue weighted by Crippen LogP contribution is 2.30. The van der Waals surface area contributed by atoms with Gasteiger partial charge in [0.1, 0.15) is 13.2 Å². The lowest BCUT2D eigenvalue weighted by Crippen LogP contribution is -2.38. The van der Waals surface area contributed by atoms with E-state index < -0.39 is 24.3 Å². The Hall–Kier alpha value is -2.09. The number of benzene rings is 1. The quantitative estimate of drug-likeness (QED) is 0.893. The highest BCUT2D eigenvalue weighted by Gasteiger charge is 2.30. The summed E-state index contributed by atoms with van der Waals surface area (Å²) in [4.78, 5) is 25.2. The van der Waals surface area contributed by atoms with Gasteiger partial charge in [-0.1, -0.05) is 6.07 Å². The van der Waals surface area contributed by atoms with Crippen molar-refractivity contribution < 1.29 is 27.5 Å². The molecular weight excluding hydrogens is 325 g/mol. The van der Waals surface area contributed by atoms with Gasteiger partial charge in [-0.25, -0.2) is 0 Å². The summed E-state index contributed by atoms with van der Waals surface area (Å²) < 4.78 is 42.8. The van der Waals surface area contributed by atoms with Crippen LogP contribution in [0.4, 0.5) is 18.9 Å². The van der Waals surface area contributed by atoms with Crippen molar-refractivity contribution in [1.82, 2.24) is 4.90 Å². The van der Waals surface area contributed by atoms with E-state index in [0.717, 1.165) is 31.4 Å². The van der Waals surface area contributed by atoms with E-state index >= 15 is 0 Å². The van der Waals surface area contributed by atoms with E-state index in [-0.39, 0.29) is 18.2 Å². The molecule has 1 aromatic rings. The first-order valence-electron chi connectivity index (χ1n) is 7.69. The first-order valence-corrected chi connectivity index (χ1v) is 7.69. The molecule has 0 aliphatic carbocycles. The van der Waals surface area contributed by atoms with Crippen LogP contribution in [0.25, 0.3) is 0 Å². The monoisotopic (exact) mass is 344 g/mol. The van der Waals surface area contributed by atoms with Crippen LogP contribution < -0.4 is 5.32 Å². The molecule has 0 unspecified atom stereocenters. The van der Waals surface area contributed by atoms with Crippen LogP contribution in [0.1, 0.15) is 24.8 Å². The zero-order valence-corrected chi connectivity index (χ0v) is 13.1. The standard InChI is InChI=1S/C16H19F3N2O3/c17-16(18,19)12-5-4-6-13(9-12)20-14(22)10-24-11-15(23)21-7-2-1-3-8-21/h4-6,9H,1-3,7-8,10-11H2,(H,20,22). The van der Waals surface area contributed by atoms with Crippen LogP contribution in [0.2, 0.25) is 0 Å². The molecule has 5 nitrogen and oxygen atoms in total. The van der Waals surface area contributed by atoms with Gasteiger partial charge in [-0.3, -0.25) is 9.59 Å². The van der Waals surface area contributed by atoms with Gasteiger partial charge in [-0.2, -0.15) is 13.2 Å². The van der Waals surface area contributed by atoms with Gasteiger partial charge in [-0.15, -0.1) is 0 Å². The van der Waals surface area contributed by atoms with Crippen LogP contribution in [-0.2, 0) is 20.5 Å². The number of nitrogens with zero attached hydrogens (tertiary/aromatic N) is 1. The molecule has 0 bridgehead atoms. The number of halogens is 3. The number of alkyl halides is 3. The highest BCUT2D eigenvalue weighted by atomic mass is 19.4. The number of nitrogens with one attached hydrogen (secondary N) is 1. The molecule has 0 radical (unpaired) electrons. The number of rotatable bonds is 5. The summed E-state index contributed by atoms with van der Waals surface area (Å²) in [5.74, 6) is -0.790. The molecule has 8 heteroatoms. The summed E-state index contributed by atoms with van der Waals surface area (Å²) in [6, 6.07) is 4.32. The molecule has 0 spiro atoms. The first-order chi connectivity index (χ1) is 11.4. The molecule has 24 heavy (non-hydrogen) atoms. The Morgan fingerprint density at radius 1 is 1.12 bits per heavy atom. The van der Waals surface area contributed by atoms with E-state index in [0.29, 0.717) is 13.1 Å². The molecule has 0 atom stereocenters. The van der Waals surface area contributed by atoms with Crippen molar-refractivity contribution in [2.24, 2.45) is 0 Å². The van der Waals surface area contributed by atoms with E-state index in [2.05, 4.69) is 5.32 Å². The average Bonchev–Trinajstić information content (AvgIpc) is 2.55. The number of hydrogen-bond donors (Lipinski definition) is 1. The van der Waals surface area contributed by atoms with Crippen LogP contribution in [0.5, 0.6) is 0 Å². The summed E-state index contributed by atoms with van der Waals surface area (Å²) in [5, 5.41) is 2.32. The molecule has 0 saturated carbocycles. The van der Waals surface area contributed by atoms with Gasteiger partial charge in [0.05, 0.1) is 5.56 Å². The summed E-state index contributed by atoms with van der Waals surface area (Å²) >= 11 is 0. The van der Waals surface area contributed by atoms with Crippen molar-refractivity contribution in [2.75, 3.05) is 31.6 Å². The Balaban J connectivity index is 1.76. The molecule has 1 heterocycles. The van der Waals surface area contributed by atoms with Crippen LogP contribution in [0, 0.1) is 0 Å². The Bertz CT molecular complexity index is 584. The Kier molecular flexibility index (Phi) is 6.19. The van der Waals surface area contributed by atoms with E-state index in [1.807, 2.05) is 0 Å². The van der Waals surface area contributed by atoms with Crippen molar-refractivity contribution >= 4 is 17.5 Å². The topological polar surface area (TPSA) is 58.6 Å². The number of piperidine rings is 1. The van der Waals surface area contributed by atoms with E-state index in [1.165, 1.54) is 12.1 Å². The van der Waals surface area contributed by atoms with Gasteiger partial charge in [0, 0.05) is 18.8 Å². The summed E-state index contributed by atoms with van der Waals surface area (Å²) in [6.07, 6.45) is -1.45. The lowest BCUT2D eigenvalue weighted by molar-refractivity contribution is -0.139. The van der Waals surface area contributed by atoms with Gasteiger partial charge < -0.3 is 15.0 Å². The molecule has 1 aromatic carbocycles. The molecule has 2 amide bonds. The van der Waals surface area contributed by atoms with E-state index in [9.17, 15) is 22.8 Å². The second-order valence-electron chi connectivity index (χ2n) is 5.56. The predicted octanol–water partition coefficient (Wildman–Crippen LogP) is 2.67. The van der Waals surface area contributed by atoms with Crippen LogP contribution >= 0.6 is 0 Å². The first kappa shape index (κ1) is 18.3. The molecule has 2 rings (SSSR count). The fourth-order valence-electron chi connectivity index (χ4n) is 2.44. The predicted molar refractivity (Wildman–Crippen MR) is 81.3 cm³/mol. The Morgan fingerprint density at radius 2 is 1.83 bits per heavy atom. The number of likely N-dealkylation sites (tertiary alicyclic amines) is 1. The average molecular weight is 344 g/mol. The summed E-state index contributed by atoms with van der Waals surface area (Å²) in [6.45, 7) is 0.781. The van der Waals surface area contributed by atoms with Gasteiger partial charge in [0.25, 0.3) is 0 Å². The van der Waals surface area contributed by atoms with Crippen LogP contribution in [0.15, 0.2) is 24.3 Å². The van der Waals surface area contributed by atoms with Crippen molar-refractivity contribution in [1.29, 1.82) is 0 Å². The fraction of sp³-hybridized carbons (Fsp3) is 0.500. The number of carbonyl (C=O) groups excluding carboxylic acids is 2. The molecular formula is C16H19F3N2O3. The van der Waals surface area contributed by atoms with Gasteiger partial charge in [-0.05, 0) is 37.5 Å². The third kappa shape index (κ3) is 5.52. The number of anilines is 1. The minimum absolute atomic E-state index is 0.0285. The maximum Gasteiger partial charge on any atom is 0.416 e. The smallest absolute Gasteiger partial charge is 0.362 e. The minimum atomic E-state index is -4.47. The molecule has 1 aliphatic rings. The number of amides is 2. The SMILES string of the molecule is O=C(COCC(=O)N1CCCCC1)Nc1cccc(C(F)(F)F)c1. The summed E-state index contributed by atoms with van der Waals surface area (Å²) in [7, 11) is 0. The molecule has 1 N–H and O–H groups in total. The zero-order valence-electron chi connectivity index (χ0n) is 13.1. The number of ether oxygens (including phenoxy) is 1. The Labute approximate surface area is 137 Å². The normalized spacial score (nSPS) is 15.2. The molecule has 0 aromatic heterocycles. The van der Waals surface area contributed by atoms with E-state index in [1.54, 1.807) is 4.90 Å². The number of hydrogen-bond acceptors (Lipinski definition) is 3. The second kappa shape index (κ2) is 8.14. The highest BCUT2D eigenvalue weighted by molar-refractivity contribution is 5.92. The lowest BCUT2D eigenvalue weighted by atomic mass is 10.1. The van der Waals surface area contributed by atoms with Crippen LogP contribution in [-0.4, -0.2) is 43.0 Å². The maximum atomic E-state index is 12.6. The molecule has 132 valence electrons. The summed E-state index contributed by atoms with van der Waals surface area (Å²) in [5.41, 5.74) is -0.817. The van der Waals surface area contributed by atoms with Crippen molar-refractivity contribution in [3.05, 3.63) is 29.8 Å². The largest absolute Gasteiger partial charge is 0.416 e. The van der Waals surface area contributed by atoms with Crippen LogP contribution in [0.3, 0.4) is 0 Å². The Morgan fingerprint density at radius 3 is 2.50 bits per heavy atom. The van der Waals surface area contributed by atoms with E-state index in [4.69, 9.17) is 4.74 Å². The molecule has 1 fully saturated rings. The third-order valence-electron chi connectivity index (χ3n) is 3.64. The van der Waals surface area contributed by atoms with Gasteiger partial charge in [0.2, 0.25) is 11.8 Å². The maximum absolute atomic E-state index is 12.6. The molecule has 1 saturated heterocycles. The van der Waals surface area contributed by atoms with Gasteiger partial charge in [0.15, 0.2) is 0 Å². The second-order valence-corrected chi connectivity index (χ2v) is 5.56. The minimum Gasteiger partial charge on any atom is -0.362 e. The van der Waals surface area contributed by atoms with Crippen molar-refractivity contribution in [2.45, 2.75) is 25.4 Å². The van der Waals surface area contributed by atoms with Gasteiger partial charge >= 0.3 is 6.18 Å². The molecule has 1 aliphatic heterocycles. The lowest BCUT2D eigenvalue weighted by Gasteiger charge is -2.26. The van der Waals surface area contributed by atoms with Crippen molar-refractivity contribution in [3.8, 4) is 0 Å². The third-order valence-corrected chi connectivity index (χ3v) is 3.64. The fourth-order valence-corrected chi connectivity index (χ4v) is 2.44. The van der Waals surface area contributed by atoms with Crippen molar-refractivity contribution in [3.63, 3.8) is 0 Å².